The molecule has 0 aromatic heterocycles. The van der Waals surface area contributed by atoms with Crippen molar-refractivity contribution >= 4 is 0 Å². The smallest absolute Gasteiger partial charge is 0.0224 e. The molecule has 1 N–H and O–H groups in total. The molecule has 1 saturated heterocycles. The highest BCUT2D eigenvalue weighted by Gasteiger charge is 2.31. The van der Waals surface area contributed by atoms with Crippen LogP contribution in [0.3, 0.4) is 0 Å². The van der Waals surface area contributed by atoms with Gasteiger partial charge in [0.1, 0.15) is 0 Å². The third kappa shape index (κ3) is 3.71. The SMILES string of the molecule is CCCC1CNC(C2CCCCC2)CN1CCC. The Morgan fingerprint density at radius 1 is 1.06 bits per heavy atom. The molecule has 2 fully saturated rings. The number of hydrogen-bond acceptors (Lipinski definition) is 2. The lowest BCUT2D eigenvalue weighted by atomic mass is 9.82. The van der Waals surface area contributed by atoms with Gasteiger partial charge in [-0.2, -0.15) is 0 Å². The quantitative estimate of drug-likeness (QED) is 0.806. The monoisotopic (exact) mass is 252 g/mol. The number of rotatable bonds is 5. The summed E-state index contributed by atoms with van der Waals surface area (Å²) in [4.78, 5) is 2.78. The molecule has 1 heterocycles. The fourth-order valence-electron chi connectivity index (χ4n) is 3.91. The summed E-state index contributed by atoms with van der Waals surface area (Å²) in [5, 5.41) is 3.87. The molecule has 0 radical (unpaired) electrons. The van der Waals surface area contributed by atoms with Crippen molar-refractivity contribution in [1.29, 1.82) is 0 Å². The zero-order chi connectivity index (χ0) is 12.8. The first kappa shape index (κ1) is 14.3. The van der Waals surface area contributed by atoms with Crippen molar-refractivity contribution < 1.29 is 0 Å². The van der Waals surface area contributed by atoms with Crippen LogP contribution in [0.15, 0.2) is 0 Å². The van der Waals surface area contributed by atoms with Gasteiger partial charge in [0.25, 0.3) is 0 Å². The molecule has 0 bridgehead atoms. The lowest BCUT2D eigenvalue weighted by Crippen LogP contribution is -2.58. The first-order valence-corrected chi connectivity index (χ1v) is 8.32. The van der Waals surface area contributed by atoms with Crippen molar-refractivity contribution in [3.63, 3.8) is 0 Å². The molecule has 106 valence electrons. The fourth-order valence-corrected chi connectivity index (χ4v) is 3.91. The summed E-state index contributed by atoms with van der Waals surface area (Å²) in [6.45, 7) is 8.48. The van der Waals surface area contributed by atoms with Gasteiger partial charge in [-0.25, -0.2) is 0 Å². The Labute approximate surface area is 114 Å². The minimum atomic E-state index is 0.782. The van der Waals surface area contributed by atoms with E-state index in [1.165, 1.54) is 71.0 Å². The number of hydrogen-bond donors (Lipinski definition) is 1. The first-order chi connectivity index (χ1) is 8.85. The Balaban J connectivity index is 1.87. The van der Waals surface area contributed by atoms with Crippen LogP contribution < -0.4 is 5.32 Å². The van der Waals surface area contributed by atoms with Crippen LogP contribution in [0.1, 0.15) is 65.2 Å². The van der Waals surface area contributed by atoms with E-state index >= 15 is 0 Å². The van der Waals surface area contributed by atoms with Crippen LogP contribution in [0.25, 0.3) is 0 Å². The zero-order valence-corrected chi connectivity index (χ0v) is 12.5. The van der Waals surface area contributed by atoms with E-state index in [4.69, 9.17) is 0 Å². The van der Waals surface area contributed by atoms with Gasteiger partial charge in [-0.3, -0.25) is 4.90 Å². The maximum atomic E-state index is 3.87. The Kier molecular flexibility index (Phi) is 5.97. The average Bonchev–Trinajstić information content (AvgIpc) is 2.42. The number of piperazine rings is 1. The molecular weight excluding hydrogens is 220 g/mol. The standard InChI is InChI=1S/C16H32N2/c1-3-8-15-12-17-16(13-18(15)11-4-2)14-9-6-5-7-10-14/h14-17H,3-13H2,1-2H3. The molecule has 2 nitrogen and oxygen atoms in total. The van der Waals surface area contributed by atoms with Gasteiger partial charge in [0, 0.05) is 25.2 Å². The first-order valence-electron chi connectivity index (χ1n) is 8.32. The van der Waals surface area contributed by atoms with Crippen LogP contribution in [0.5, 0.6) is 0 Å². The molecule has 0 spiro atoms. The normalized spacial score (nSPS) is 31.7. The maximum absolute atomic E-state index is 3.87. The average molecular weight is 252 g/mol. The van der Waals surface area contributed by atoms with Gasteiger partial charge in [0.15, 0.2) is 0 Å². The van der Waals surface area contributed by atoms with Gasteiger partial charge < -0.3 is 5.32 Å². The molecule has 1 aliphatic heterocycles. The third-order valence-electron chi connectivity index (χ3n) is 4.91. The van der Waals surface area contributed by atoms with Crippen LogP contribution in [0.2, 0.25) is 0 Å². The van der Waals surface area contributed by atoms with E-state index in [9.17, 15) is 0 Å². The summed E-state index contributed by atoms with van der Waals surface area (Å²) in [6.07, 6.45) is 11.3. The molecule has 18 heavy (non-hydrogen) atoms. The minimum absolute atomic E-state index is 0.782. The van der Waals surface area contributed by atoms with Gasteiger partial charge in [-0.1, -0.05) is 39.5 Å². The van der Waals surface area contributed by atoms with Crippen LogP contribution in [0, 0.1) is 5.92 Å². The lowest BCUT2D eigenvalue weighted by molar-refractivity contribution is 0.0908. The van der Waals surface area contributed by atoms with E-state index in [-0.39, 0.29) is 0 Å². The predicted molar refractivity (Wildman–Crippen MR) is 78.9 cm³/mol. The Morgan fingerprint density at radius 3 is 2.50 bits per heavy atom. The fraction of sp³-hybridized carbons (Fsp3) is 1.00. The van der Waals surface area contributed by atoms with Crippen molar-refractivity contribution in [3.8, 4) is 0 Å². The van der Waals surface area contributed by atoms with Gasteiger partial charge in [-0.05, 0) is 38.1 Å². The van der Waals surface area contributed by atoms with Crippen molar-refractivity contribution in [2.24, 2.45) is 5.92 Å². The van der Waals surface area contributed by atoms with E-state index in [1.54, 1.807) is 0 Å². The molecular formula is C16H32N2. The van der Waals surface area contributed by atoms with Gasteiger partial charge in [0.2, 0.25) is 0 Å². The largest absolute Gasteiger partial charge is 0.311 e. The Bertz CT molecular complexity index is 218. The van der Waals surface area contributed by atoms with Crippen LogP contribution >= 0.6 is 0 Å². The molecule has 1 saturated carbocycles. The second kappa shape index (κ2) is 7.49. The van der Waals surface area contributed by atoms with Crippen LogP contribution in [0.4, 0.5) is 0 Å². The van der Waals surface area contributed by atoms with E-state index in [0.29, 0.717) is 0 Å². The zero-order valence-electron chi connectivity index (χ0n) is 12.5. The Morgan fingerprint density at radius 2 is 1.83 bits per heavy atom. The number of nitrogens with one attached hydrogen (secondary N) is 1. The van der Waals surface area contributed by atoms with E-state index in [1.807, 2.05) is 0 Å². The molecule has 0 amide bonds. The van der Waals surface area contributed by atoms with Gasteiger partial charge >= 0.3 is 0 Å². The molecule has 0 aromatic rings. The summed E-state index contributed by atoms with van der Waals surface area (Å²) >= 11 is 0. The summed E-state index contributed by atoms with van der Waals surface area (Å²) in [7, 11) is 0. The second-order valence-corrected chi connectivity index (χ2v) is 6.35. The van der Waals surface area contributed by atoms with Gasteiger partial charge in [0.05, 0.1) is 0 Å². The van der Waals surface area contributed by atoms with E-state index < -0.39 is 0 Å². The molecule has 1 aliphatic carbocycles. The highest BCUT2D eigenvalue weighted by Crippen LogP contribution is 2.28. The van der Waals surface area contributed by atoms with Gasteiger partial charge in [-0.15, -0.1) is 0 Å². The predicted octanol–water partition coefficient (Wildman–Crippen LogP) is 3.42. The van der Waals surface area contributed by atoms with Crippen molar-refractivity contribution in [3.05, 3.63) is 0 Å². The van der Waals surface area contributed by atoms with Crippen molar-refractivity contribution in [1.82, 2.24) is 10.2 Å². The highest BCUT2D eigenvalue weighted by molar-refractivity contribution is 4.90. The van der Waals surface area contributed by atoms with E-state index in [2.05, 4.69) is 24.1 Å². The highest BCUT2D eigenvalue weighted by atomic mass is 15.2. The molecule has 2 heteroatoms. The molecule has 2 aliphatic rings. The topological polar surface area (TPSA) is 15.3 Å². The molecule has 0 aromatic carbocycles. The summed E-state index contributed by atoms with van der Waals surface area (Å²) < 4.78 is 0. The van der Waals surface area contributed by atoms with Crippen LogP contribution in [-0.4, -0.2) is 36.6 Å². The van der Waals surface area contributed by atoms with E-state index in [0.717, 1.165) is 18.0 Å². The maximum Gasteiger partial charge on any atom is 0.0224 e. The molecule has 2 rings (SSSR count). The van der Waals surface area contributed by atoms with Crippen molar-refractivity contribution in [2.75, 3.05) is 19.6 Å². The van der Waals surface area contributed by atoms with Crippen LogP contribution in [-0.2, 0) is 0 Å². The van der Waals surface area contributed by atoms with Crippen molar-refractivity contribution in [2.45, 2.75) is 77.3 Å². The molecule has 2 atom stereocenters. The Hall–Kier alpha value is -0.0800. The minimum Gasteiger partial charge on any atom is -0.311 e. The molecule has 2 unspecified atom stereocenters. The third-order valence-corrected chi connectivity index (χ3v) is 4.91. The number of nitrogens with zero attached hydrogens (tertiary/aromatic N) is 1. The summed E-state index contributed by atoms with van der Waals surface area (Å²) in [5.74, 6) is 0.959. The summed E-state index contributed by atoms with van der Waals surface area (Å²) in [5.41, 5.74) is 0. The second-order valence-electron chi connectivity index (χ2n) is 6.35. The lowest BCUT2D eigenvalue weighted by Gasteiger charge is -2.44. The summed E-state index contributed by atoms with van der Waals surface area (Å²) in [6, 6.07) is 1.58.